The highest BCUT2D eigenvalue weighted by Gasteiger charge is 2.48. The third-order valence-electron chi connectivity index (χ3n) is 3.36. The van der Waals surface area contributed by atoms with Crippen molar-refractivity contribution in [1.82, 2.24) is 10.2 Å². The van der Waals surface area contributed by atoms with Crippen LogP contribution in [0.2, 0.25) is 0 Å². The zero-order valence-electron chi connectivity index (χ0n) is 11.7. The van der Waals surface area contributed by atoms with Gasteiger partial charge in [-0.15, -0.1) is 0 Å². The molecule has 1 heterocycles. The Balaban J connectivity index is 2.84. The van der Waals surface area contributed by atoms with E-state index in [-0.39, 0.29) is 6.04 Å². The van der Waals surface area contributed by atoms with E-state index >= 15 is 0 Å². The van der Waals surface area contributed by atoms with Crippen LogP contribution >= 0.6 is 0 Å². The topological polar surface area (TPSA) is 66.5 Å². The summed E-state index contributed by atoms with van der Waals surface area (Å²) in [6, 6.07) is -0.784. The third-order valence-corrected chi connectivity index (χ3v) is 3.36. The molecular weight excluding hydrogens is 232 g/mol. The van der Waals surface area contributed by atoms with Crippen LogP contribution in [0.5, 0.6) is 0 Å². The lowest BCUT2D eigenvalue weighted by atomic mass is 9.87. The summed E-state index contributed by atoms with van der Waals surface area (Å²) in [4.78, 5) is 36.7. The summed E-state index contributed by atoms with van der Waals surface area (Å²) < 4.78 is 0. The highest BCUT2D eigenvalue weighted by Crippen LogP contribution is 2.26. The normalized spacial score (nSPS) is 21.2. The molecule has 1 rings (SSSR count). The second-order valence-corrected chi connectivity index (χ2v) is 5.88. The van der Waals surface area contributed by atoms with Gasteiger partial charge < -0.3 is 0 Å². The van der Waals surface area contributed by atoms with E-state index in [1.807, 2.05) is 6.92 Å². The van der Waals surface area contributed by atoms with Gasteiger partial charge in [0, 0.05) is 6.04 Å². The fraction of sp³-hybridized carbons (Fsp3) is 0.769. The Kier molecular flexibility index (Phi) is 4.14. The SMILES string of the molecule is CC(C)CCC(C)N1C(=O)NC(=O)C(C)(C)C1=O. The van der Waals surface area contributed by atoms with Gasteiger partial charge in [-0.25, -0.2) is 4.79 Å². The predicted octanol–water partition coefficient (Wildman–Crippen LogP) is 1.92. The molecule has 0 saturated carbocycles. The number of hydrogen-bond acceptors (Lipinski definition) is 3. The van der Waals surface area contributed by atoms with Crippen LogP contribution in [0, 0.1) is 11.3 Å². The molecule has 0 bridgehead atoms. The Morgan fingerprint density at radius 3 is 2.17 bits per heavy atom. The summed E-state index contributed by atoms with van der Waals surface area (Å²) >= 11 is 0. The van der Waals surface area contributed by atoms with Crippen molar-refractivity contribution in [2.75, 3.05) is 0 Å². The minimum absolute atomic E-state index is 0.188. The van der Waals surface area contributed by atoms with Crippen molar-refractivity contribution in [1.29, 1.82) is 0 Å². The van der Waals surface area contributed by atoms with Crippen molar-refractivity contribution in [3.8, 4) is 0 Å². The molecular formula is C13H22N2O3. The van der Waals surface area contributed by atoms with Gasteiger partial charge in [0.2, 0.25) is 11.8 Å². The molecule has 0 spiro atoms. The Bertz CT molecular complexity index is 374. The molecule has 102 valence electrons. The van der Waals surface area contributed by atoms with E-state index in [0.29, 0.717) is 5.92 Å². The average Bonchev–Trinajstić information content (AvgIpc) is 2.24. The zero-order valence-corrected chi connectivity index (χ0v) is 11.7. The van der Waals surface area contributed by atoms with Gasteiger partial charge >= 0.3 is 6.03 Å². The van der Waals surface area contributed by atoms with Crippen molar-refractivity contribution in [3.63, 3.8) is 0 Å². The van der Waals surface area contributed by atoms with Gasteiger partial charge in [-0.1, -0.05) is 13.8 Å². The second kappa shape index (κ2) is 5.08. The first-order valence-electron chi connectivity index (χ1n) is 6.37. The summed E-state index contributed by atoms with van der Waals surface area (Å²) in [5.41, 5.74) is -1.17. The van der Waals surface area contributed by atoms with Gasteiger partial charge in [-0.05, 0) is 39.5 Å². The van der Waals surface area contributed by atoms with Gasteiger partial charge in [0.05, 0.1) is 0 Å². The van der Waals surface area contributed by atoms with Gasteiger partial charge in [0.25, 0.3) is 0 Å². The van der Waals surface area contributed by atoms with E-state index in [1.54, 1.807) is 13.8 Å². The number of carbonyl (C=O) groups is 3. The quantitative estimate of drug-likeness (QED) is 0.779. The number of imide groups is 2. The van der Waals surface area contributed by atoms with E-state index in [4.69, 9.17) is 0 Å². The Labute approximate surface area is 108 Å². The lowest BCUT2D eigenvalue weighted by Gasteiger charge is -2.38. The average molecular weight is 254 g/mol. The molecule has 18 heavy (non-hydrogen) atoms. The van der Waals surface area contributed by atoms with Crippen LogP contribution in [-0.4, -0.2) is 28.8 Å². The number of nitrogens with one attached hydrogen (secondary N) is 1. The molecule has 4 amide bonds. The van der Waals surface area contributed by atoms with E-state index in [9.17, 15) is 14.4 Å². The van der Waals surface area contributed by atoms with Crippen LogP contribution in [0.3, 0.4) is 0 Å². The van der Waals surface area contributed by atoms with Crippen molar-refractivity contribution in [2.24, 2.45) is 11.3 Å². The van der Waals surface area contributed by atoms with Crippen molar-refractivity contribution in [3.05, 3.63) is 0 Å². The highest BCUT2D eigenvalue weighted by molar-refractivity contribution is 6.18. The van der Waals surface area contributed by atoms with Crippen LogP contribution in [0.15, 0.2) is 0 Å². The second-order valence-electron chi connectivity index (χ2n) is 5.88. The summed E-state index contributed by atoms with van der Waals surface area (Å²) in [5.74, 6) is -0.414. The number of rotatable bonds is 4. The van der Waals surface area contributed by atoms with E-state index < -0.39 is 23.3 Å². The Morgan fingerprint density at radius 1 is 1.11 bits per heavy atom. The molecule has 1 aliphatic rings. The molecule has 0 aromatic carbocycles. The smallest absolute Gasteiger partial charge is 0.277 e. The first-order valence-corrected chi connectivity index (χ1v) is 6.37. The molecule has 0 aromatic heterocycles. The first-order chi connectivity index (χ1) is 8.17. The van der Waals surface area contributed by atoms with Gasteiger partial charge in [-0.2, -0.15) is 0 Å². The standard InChI is InChI=1S/C13H22N2O3/c1-8(2)6-7-9(3)15-11(17)13(4,5)10(16)14-12(15)18/h8-9H,6-7H2,1-5H3,(H,14,16,18). The molecule has 0 aromatic rings. The predicted molar refractivity (Wildman–Crippen MR) is 67.7 cm³/mol. The zero-order chi connectivity index (χ0) is 14.1. The molecule has 1 fully saturated rings. The summed E-state index contributed by atoms with van der Waals surface area (Å²) in [6.07, 6.45) is 1.69. The van der Waals surface area contributed by atoms with E-state index in [2.05, 4.69) is 19.2 Å². The van der Waals surface area contributed by atoms with Crippen LogP contribution in [-0.2, 0) is 9.59 Å². The number of barbiturate groups is 1. The van der Waals surface area contributed by atoms with E-state index in [0.717, 1.165) is 12.8 Å². The summed E-state index contributed by atoms with van der Waals surface area (Å²) in [6.45, 7) is 9.11. The maximum atomic E-state index is 12.2. The number of urea groups is 1. The largest absolute Gasteiger partial charge is 0.331 e. The third kappa shape index (κ3) is 2.71. The molecule has 5 nitrogen and oxygen atoms in total. The van der Waals surface area contributed by atoms with Crippen LogP contribution in [0.1, 0.15) is 47.5 Å². The molecule has 1 saturated heterocycles. The molecule has 1 N–H and O–H groups in total. The van der Waals surface area contributed by atoms with Crippen LogP contribution in [0.4, 0.5) is 4.79 Å². The number of nitrogens with zero attached hydrogens (tertiary/aromatic N) is 1. The fourth-order valence-corrected chi connectivity index (χ4v) is 1.91. The van der Waals surface area contributed by atoms with Gasteiger partial charge in [-0.3, -0.25) is 19.8 Å². The lowest BCUT2D eigenvalue weighted by Crippen LogP contribution is -2.63. The van der Waals surface area contributed by atoms with Crippen molar-refractivity contribution >= 4 is 17.8 Å². The molecule has 1 atom stereocenters. The number of carbonyl (C=O) groups excluding carboxylic acids is 3. The highest BCUT2D eigenvalue weighted by atomic mass is 16.2. The van der Waals surface area contributed by atoms with E-state index in [1.165, 1.54) is 4.90 Å². The van der Waals surface area contributed by atoms with Crippen LogP contribution in [0.25, 0.3) is 0 Å². The number of amides is 4. The van der Waals surface area contributed by atoms with Crippen molar-refractivity contribution < 1.29 is 14.4 Å². The first kappa shape index (κ1) is 14.7. The fourth-order valence-electron chi connectivity index (χ4n) is 1.91. The summed E-state index contributed by atoms with van der Waals surface area (Å²) in [5, 5.41) is 2.25. The maximum absolute atomic E-state index is 12.2. The van der Waals surface area contributed by atoms with Gasteiger partial charge in [0.15, 0.2) is 0 Å². The maximum Gasteiger partial charge on any atom is 0.331 e. The molecule has 1 aliphatic heterocycles. The monoisotopic (exact) mass is 254 g/mol. The minimum atomic E-state index is -1.17. The Morgan fingerprint density at radius 2 is 1.67 bits per heavy atom. The molecule has 0 radical (unpaired) electrons. The Hall–Kier alpha value is -1.39. The minimum Gasteiger partial charge on any atom is -0.277 e. The lowest BCUT2D eigenvalue weighted by molar-refractivity contribution is -0.150. The molecule has 5 heteroatoms. The van der Waals surface area contributed by atoms with Gasteiger partial charge in [0.1, 0.15) is 5.41 Å². The number of hydrogen-bond donors (Lipinski definition) is 1. The molecule has 1 unspecified atom stereocenters. The summed E-state index contributed by atoms with van der Waals surface area (Å²) in [7, 11) is 0. The molecule has 0 aliphatic carbocycles. The van der Waals surface area contributed by atoms with Crippen molar-refractivity contribution in [2.45, 2.75) is 53.5 Å². The van der Waals surface area contributed by atoms with Crippen LogP contribution < -0.4 is 5.32 Å².